The Balaban J connectivity index is 0.00000300. The molecule has 7 heteroatoms. The summed E-state index contributed by atoms with van der Waals surface area (Å²) in [6, 6.07) is 8.80. The van der Waals surface area contributed by atoms with Crippen LogP contribution in [0.2, 0.25) is 0 Å². The molecule has 0 radical (unpaired) electrons. The minimum Gasteiger partial charge on any atom is -0.385 e. The molecule has 1 aromatic rings. The predicted octanol–water partition coefficient (Wildman–Crippen LogP) is 3.40. The molecule has 1 aliphatic heterocycles. The highest BCUT2D eigenvalue weighted by molar-refractivity contribution is 14.0. The predicted molar refractivity (Wildman–Crippen MR) is 130 cm³/mol. The van der Waals surface area contributed by atoms with E-state index < -0.39 is 0 Å². The van der Waals surface area contributed by atoms with Crippen molar-refractivity contribution in [3.05, 3.63) is 29.8 Å². The summed E-state index contributed by atoms with van der Waals surface area (Å²) in [6.07, 6.45) is 6.34. The zero-order valence-corrected chi connectivity index (χ0v) is 20.2. The van der Waals surface area contributed by atoms with Crippen LogP contribution in [0, 0.1) is 5.41 Å². The van der Waals surface area contributed by atoms with E-state index in [9.17, 15) is 0 Å². The number of nitrogens with one attached hydrogen (secondary N) is 2. The molecule has 0 bridgehead atoms. The van der Waals surface area contributed by atoms with Gasteiger partial charge < -0.3 is 25.0 Å². The molecular formula is C22H37IN4O2. The average Bonchev–Trinajstić information content (AvgIpc) is 3.22. The third kappa shape index (κ3) is 7.29. The van der Waals surface area contributed by atoms with Gasteiger partial charge in [-0.05, 0) is 42.4 Å². The van der Waals surface area contributed by atoms with Gasteiger partial charge in [0.25, 0.3) is 0 Å². The second kappa shape index (κ2) is 12.6. The van der Waals surface area contributed by atoms with Crippen LogP contribution in [0.4, 0.5) is 5.69 Å². The zero-order chi connectivity index (χ0) is 19.7. The lowest BCUT2D eigenvalue weighted by molar-refractivity contribution is 0.122. The van der Waals surface area contributed by atoms with Crippen LogP contribution in [0.5, 0.6) is 0 Å². The number of aliphatic imine (C=N–C) groups is 1. The number of benzene rings is 1. The van der Waals surface area contributed by atoms with E-state index in [0.717, 1.165) is 58.4 Å². The summed E-state index contributed by atoms with van der Waals surface area (Å²) >= 11 is 0. The van der Waals surface area contributed by atoms with Crippen LogP contribution < -0.4 is 15.5 Å². The molecule has 6 nitrogen and oxygen atoms in total. The Bertz CT molecular complexity index is 612. The number of nitrogens with zero attached hydrogens (tertiary/aromatic N) is 2. The molecule has 164 valence electrons. The summed E-state index contributed by atoms with van der Waals surface area (Å²) in [5.74, 6) is 0.876. The number of morpholine rings is 1. The van der Waals surface area contributed by atoms with Gasteiger partial charge in [-0.25, -0.2) is 0 Å². The van der Waals surface area contributed by atoms with E-state index in [-0.39, 0.29) is 24.0 Å². The van der Waals surface area contributed by atoms with Crippen LogP contribution in [0.3, 0.4) is 0 Å². The summed E-state index contributed by atoms with van der Waals surface area (Å²) in [6.45, 7) is 6.15. The first-order valence-electron chi connectivity index (χ1n) is 10.6. The Morgan fingerprint density at radius 3 is 2.45 bits per heavy atom. The first-order chi connectivity index (χ1) is 13.7. The molecule has 1 saturated heterocycles. The number of halogens is 1. The fourth-order valence-corrected chi connectivity index (χ4v) is 4.28. The standard InChI is InChI=1S/C22H36N4O2.HI/c1-23-21(25-18-22(11-14-27-2)9-3-4-10-22)24-17-19-5-7-20(8-6-19)26-12-15-28-16-13-26;/h5-8H,3-4,9-18H2,1-2H3,(H2,23,24,25);1H. The molecule has 0 atom stereocenters. The van der Waals surface area contributed by atoms with E-state index in [1.54, 1.807) is 7.11 Å². The first kappa shape index (κ1) is 24.2. The summed E-state index contributed by atoms with van der Waals surface area (Å²) in [4.78, 5) is 6.78. The highest BCUT2D eigenvalue weighted by Gasteiger charge is 2.33. The molecule has 1 aromatic carbocycles. The third-order valence-corrected chi connectivity index (χ3v) is 6.13. The normalized spacial score (nSPS) is 19.0. The quantitative estimate of drug-likeness (QED) is 0.315. The first-order valence-corrected chi connectivity index (χ1v) is 10.6. The lowest BCUT2D eigenvalue weighted by Gasteiger charge is -2.30. The number of methoxy groups -OCH3 is 1. The largest absolute Gasteiger partial charge is 0.385 e. The second-order valence-corrected chi connectivity index (χ2v) is 8.00. The fraction of sp³-hybridized carbons (Fsp3) is 0.682. The Hall–Kier alpha value is -1.06. The Labute approximate surface area is 192 Å². The molecule has 2 N–H and O–H groups in total. The molecule has 2 aliphatic rings. The number of hydrogen-bond acceptors (Lipinski definition) is 4. The number of hydrogen-bond donors (Lipinski definition) is 2. The molecule has 0 aromatic heterocycles. The van der Waals surface area contributed by atoms with Gasteiger partial charge in [0, 0.05) is 52.6 Å². The van der Waals surface area contributed by atoms with E-state index in [1.165, 1.54) is 36.9 Å². The molecule has 0 spiro atoms. The maximum absolute atomic E-state index is 5.43. The molecule has 0 unspecified atom stereocenters. The van der Waals surface area contributed by atoms with Crippen molar-refractivity contribution in [3.63, 3.8) is 0 Å². The summed E-state index contributed by atoms with van der Waals surface area (Å²) in [5, 5.41) is 7.01. The van der Waals surface area contributed by atoms with Crippen LogP contribution in [0.1, 0.15) is 37.7 Å². The molecule has 1 aliphatic carbocycles. The van der Waals surface area contributed by atoms with Gasteiger partial charge >= 0.3 is 0 Å². The summed E-state index contributed by atoms with van der Waals surface area (Å²) < 4.78 is 10.8. The minimum absolute atomic E-state index is 0. The Morgan fingerprint density at radius 2 is 1.83 bits per heavy atom. The van der Waals surface area contributed by atoms with Gasteiger partial charge in [-0.3, -0.25) is 4.99 Å². The lowest BCUT2D eigenvalue weighted by atomic mass is 9.83. The SMILES string of the molecule is CN=C(NCc1ccc(N2CCOCC2)cc1)NCC1(CCOC)CCCC1.I. The van der Waals surface area contributed by atoms with Gasteiger partial charge in [-0.15, -0.1) is 24.0 Å². The van der Waals surface area contributed by atoms with E-state index in [2.05, 4.69) is 44.8 Å². The van der Waals surface area contributed by atoms with Crippen LogP contribution in [-0.4, -0.2) is 59.6 Å². The van der Waals surface area contributed by atoms with Crippen molar-refractivity contribution in [3.8, 4) is 0 Å². The molecule has 1 heterocycles. The molecule has 29 heavy (non-hydrogen) atoms. The average molecular weight is 516 g/mol. The number of guanidine groups is 1. The monoisotopic (exact) mass is 516 g/mol. The summed E-state index contributed by atoms with van der Waals surface area (Å²) in [7, 11) is 3.63. The maximum Gasteiger partial charge on any atom is 0.191 e. The van der Waals surface area contributed by atoms with Crippen molar-refractivity contribution in [2.24, 2.45) is 10.4 Å². The molecule has 1 saturated carbocycles. The van der Waals surface area contributed by atoms with Crippen molar-refractivity contribution in [1.82, 2.24) is 10.6 Å². The number of ether oxygens (including phenoxy) is 2. The molecular weight excluding hydrogens is 479 g/mol. The van der Waals surface area contributed by atoms with Crippen molar-refractivity contribution < 1.29 is 9.47 Å². The Kier molecular flexibility index (Phi) is 10.5. The number of rotatable bonds is 8. The second-order valence-electron chi connectivity index (χ2n) is 8.00. The minimum atomic E-state index is 0. The van der Waals surface area contributed by atoms with Crippen molar-refractivity contribution in [2.75, 3.05) is 58.5 Å². The summed E-state index contributed by atoms with van der Waals surface area (Å²) in [5.41, 5.74) is 2.89. The smallest absolute Gasteiger partial charge is 0.191 e. The van der Waals surface area contributed by atoms with Crippen molar-refractivity contribution in [1.29, 1.82) is 0 Å². The fourth-order valence-electron chi connectivity index (χ4n) is 4.28. The van der Waals surface area contributed by atoms with Gasteiger partial charge in [0.05, 0.1) is 13.2 Å². The number of anilines is 1. The zero-order valence-electron chi connectivity index (χ0n) is 17.9. The Morgan fingerprint density at radius 1 is 1.14 bits per heavy atom. The topological polar surface area (TPSA) is 58.1 Å². The van der Waals surface area contributed by atoms with E-state index in [1.807, 2.05) is 7.05 Å². The van der Waals surface area contributed by atoms with E-state index in [4.69, 9.17) is 9.47 Å². The van der Waals surface area contributed by atoms with Crippen LogP contribution in [0.15, 0.2) is 29.3 Å². The van der Waals surface area contributed by atoms with Crippen molar-refractivity contribution >= 4 is 35.6 Å². The van der Waals surface area contributed by atoms with E-state index >= 15 is 0 Å². The third-order valence-electron chi connectivity index (χ3n) is 6.13. The maximum atomic E-state index is 5.43. The van der Waals surface area contributed by atoms with Gasteiger partial charge in [-0.1, -0.05) is 25.0 Å². The van der Waals surface area contributed by atoms with Crippen LogP contribution >= 0.6 is 24.0 Å². The van der Waals surface area contributed by atoms with Gasteiger partial charge in [0.1, 0.15) is 0 Å². The molecule has 2 fully saturated rings. The molecule has 3 rings (SSSR count). The van der Waals surface area contributed by atoms with Crippen molar-refractivity contribution in [2.45, 2.75) is 38.6 Å². The lowest BCUT2D eigenvalue weighted by Crippen LogP contribution is -2.43. The van der Waals surface area contributed by atoms with Gasteiger partial charge in [-0.2, -0.15) is 0 Å². The van der Waals surface area contributed by atoms with Crippen LogP contribution in [0.25, 0.3) is 0 Å². The van der Waals surface area contributed by atoms with Gasteiger partial charge in [0.2, 0.25) is 0 Å². The highest BCUT2D eigenvalue weighted by atomic mass is 127. The van der Waals surface area contributed by atoms with Crippen LogP contribution in [-0.2, 0) is 16.0 Å². The van der Waals surface area contributed by atoms with E-state index in [0.29, 0.717) is 5.41 Å². The molecule has 0 amide bonds. The van der Waals surface area contributed by atoms with Gasteiger partial charge in [0.15, 0.2) is 5.96 Å². The highest BCUT2D eigenvalue weighted by Crippen LogP contribution is 2.40.